The molecule has 0 saturated carbocycles. The van der Waals surface area contributed by atoms with E-state index in [-0.39, 0.29) is 24.0 Å². The molecule has 0 aliphatic rings. The van der Waals surface area contributed by atoms with Gasteiger partial charge in [0, 0.05) is 25.0 Å². The second kappa shape index (κ2) is 12.7. The Bertz CT molecular complexity index is 898. The lowest BCUT2D eigenvalue weighted by molar-refractivity contribution is 0.168. The number of aliphatic hydroxyl groups is 1. The molecule has 9 heteroatoms. The Kier molecular flexibility index (Phi) is 10.2. The molecule has 0 fully saturated rings. The molecule has 2 heterocycles. The van der Waals surface area contributed by atoms with Crippen LogP contribution in [0.25, 0.3) is 0 Å². The number of aryl methyl sites for hydroxylation is 1. The lowest BCUT2D eigenvalue weighted by atomic mass is 10.1. The summed E-state index contributed by atoms with van der Waals surface area (Å²) in [6.07, 6.45) is 1.03. The van der Waals surface area contributed by atoms with Crippen LogP contribution in [0.2, 0.25) is 0 Å². The Hall–Kier alpha value is -1.98. The molecule has 3 rings (SSSR count). The molecule has 0 spiro atoms. The number of nitrogens with zero attached hydrogens (tertiary/aromatic N) is 4. The molecule has 162 valence electrons. The number of aromatic nitrogens is 3. The summed E-state index contributed by atoms with van der Waals surface area (Å²) < 4.78 is 1.94. The molecule has 1 unspecified atom stereocenters. The smallest absolute Gasteiger partial charge is 0.191 e. The lowest BCUT2D eigenvalue weighted by Crippen LogP contribution is -2.39. The van der Waals surface area contributed by atoms with Gasteiger partial charge < -0.3 is 20.3 Å². The van der Waals surface area contributed by atoms with Crippen LogP contribution in [0.15, 0.2) is 52.8 Å². The van der Waals surface area contributed by atoms with Crippen LogP contribution in [-0.2, 0) is 20.0 Å². The Morgan fingerprint density at radius 1 is 1.13 bits per heavy atom. The van der Waals surface area contributed by atoms with Crippen LogP contribution in [0.1, 0.15) is 34.6 Å². The number of aliphatic hydroxyl groups excluding tert-OH is 1. The highest BCUT2D eigenvalue weighted by Gasteiger charge is 2.08. The van der Waals surface area contributed by atoms with E-state index in [4.69, 9.17) is 0 Å². The zero-order valence-electron chi connectivity index (χ0n) is 17.3. The summed E-state index contributed by atoms with van der Waals surface area (Å²) in [5.74, 6) is 2.38. The van der Waals surface area contributed by atoms with Crippen molar-refractivity contribution in [2.24, 2.45) is 12.0 Å². The molecule has 0 aliphatic carbocycles. The number of hydrogen-bond donors (Lipinski definition) is 3. The largest absolute Gasteiger partial charge is 0.388 e. The molecule has 0 bridgehead atoms. The molecule has 1 aromatic carbocycles. The molecule has 3 aromatic rings. The SMILES string of the molecule is Cc1nnc(CN=C(NCCc2cccs2)NCCC(O)c2ccccc2)n1C.I. The summed E-state index contributed by atoms with van der Waals surface area (Å²) in [7, 11) is 1.94. The number of nitrogens with one attached hydrogen (secondary N) is 2. The van der Waals surface area contributed by atoms with Gasteiger partial charge in [-0.25, -0.2) is 4.99 Å². The standard InChI is InChI=1S/C21H28N6OS.HI/c1-16-25-26-20(27(16)2)15-24-21(22-12-10-18-9-6-14-29-18)23-13-11-19(28)17-7-4-3-5-8-17;/h3-9,14,19,28H,10-13,15H2,1-2H3,(H2,22,23,24);1H. The molecule has 7 nitrogen and oxygen atoms in total. The van der Waals surface area contributed by atoms with Gasteiger partial charge in [-0.05, 0) is 36.8 Å². The summed E-state index contributed by atoms with van der Waals surface area (Å²) >= 11 is 1.75. The van der Waals surface area contributed by atoms with Crippen molar-refractivity contribution in [1.82, 2.24) is 25.4 Å². The highest BCUT2D eigenvalue weighted by Crippen LogP contribution is 2.14. The third kappa shape index (κ3) is 7.37. The fourth-order valence-electron chi connectivity index (χ4n) is 2.84. The number of guanidine groups is 1. The Balaban J connectivity index is 0.00000320. The summed E-state index contributed by atoms with van der Waals surface area (Å²) in [5, 5.41) is 27.4. The van der Waals surface area contributed by atoms with E-state index in [1.54, 1.807) is 11.3 Å². The van der Waals surface area contributed by atoms with Crippen LogP contribution >= 0.6 is 35.3 Å². The number of benzene rings is 1. The molecule has 0 aliphatic heterocycles. The minimum atomic E-state index is -0.502. The highest BCUT2D eigenvalue weighted by molar-refractivity contribution is 14.0. The van der Waals surface area contributed by atoms with E-state index in [0.717, 1.165) is 30.2 Å². The minimum Gasteiger partial charge on any atom is -0.388 e. The normalized spacial score (nSPS) is 12.3. The van der Waals surface area contributed by atoms with Crippen LogP contribution in [0.4, 0.5) is 0 Å². The van der Waals surface area contributed by atoms with Gasteiger partial charge in [0.1, 0.15) is 12.4 Å². The van der Waals surface area contributed by atoms with E-state index >= 15 is 0 Å². The number of rotatable bonds is 9. The summed E-state index contributed by atoms with van der Waals surface area (Å²) in [4.78, 5) is 5.98. The number of aliphatic imine (C=N–C) groups is 1. The fourth-order valence-corrected chi connectivity index (χ4v) is 3.55. The van der Waals surface area contributed by atoms with E-state index in [1.807, 2.05) is 48.9 Å². The first kappa shape index (κ1) is 24.3. The molecule has 0 saturated heterocycles. The maximum Gasteiger partial charge on any atom is 0.191 e. The maximum atomic E-state index is 10.4. The van der Waals surface area contributed by atoms with Crippen molar-refractivity contribution in [3.05, 3.63) is 69.9 Å². The molecule has 30 heavy (non-hydrogen) atoms. The minimum absolute atomic E-state index is 0. The van der Waals surface area contributed by atoms with Crippen LogP contribution in [0.3, 0.4) is 0 Å². The molecule has 0 amide bonds. The topological polar surface area (TPSA) is 87.4 Å². The van der Waals surface area contributed by atoms with Gasteiger partial charge in [0.2, 0.25) is 0 Å². The molecule has 2 aromatic heterocycles. The maximum absolute atomic E-state index is 10.4. The zero-order valence-corrected chi connectivity index (χ0v) is 20.4. The Morgan fingerprint density at radius 3 is 2.57 bits per heavy atom. The molecular formula is C21H29IN6OS. The quantitative estimate of drug-likeness (QED) is 0.221. The second-order valence-electron chi connectivity index (χ2n) is 6.79. The van der Waals surface area contributed by atoms with Crippen molar-refractivity contribution in [3.63, 3.8) is 0 Å². The van der Waals surface area contributed by atoms with Crippen molar-refractivity contribution in [2.75, 3.05) is 13.1 Å². The lowest BCUT2D eigenvalue weighted by Gasteiger charge is -2.15. The van der Waals surface area contributed by atoms with Gasteiger partial charge >= 0.3 is 0 Å². The van der Waals surface area contributed by atoms with Crippen LogP contribution in [0, 0.1) is 6.92 Å². The Morgan fingerprint density at radius 2 is 1.90 bits per heavy atom. The van der Waals surface area contributed by atoms with Gasteiger partial charge in [0.05, 0.1) is 6.10 Å². The molecule has 3 N–H and O–H groups in total. The van der Waals surface area contributed by atoms with E-state index in [0.29, 0.717) is 25.5 Å². The second-order valence-corrected chi connectivity index (χ2v) is 7.82. The van der Waals surface area contributed by atoms with E-state index < -0.39 is 6.10 Å². The Labute approximate surface area is 198 Å². The zero-order chi connectivity index (χ0) is 20.5. The van der Waals surface area contributed by atoms with Crippen molar-refractivity contribution < 1.29 is 5.11 Å². The monoisotopic (exact) mass is 540 g/mol. The van der Waals surface area contributed by atoms with Gasteiger partial charge in [-0.1, -0.05) is 36.4 Å². The van der Waals surface area contributed by atoms with Gasteiger partial charge in [0.15, 0.2) is 11.8 Å². The average molecular weight is 540 g/mol. The first-order chi connectivity index (χ1) is 14.1. The van der Waals surface area contributed by atoms with E-state index in [1.165, 1.54) is 4.88 Å². The van der Waals surface area contributed by atoms with E-state index in [2.05, 4.69) is 43.3 Å². The van der Waals surface area contributed by atoms with Gasteiger partial charge in [-0.3, -0.25) is 0 Å². The molecule has 1 atom stereocenters. The summed E-state index contributed by atoms with van der Waals surface area (Å²) in [5.41, 5.74) is 0.924. The third-order valence-corrected chi connectivity index (χ3v) is 5.64. The van der Waals surface area contributed by atoms with Crippen LogP contribution < -0.4 is 10.6 Å². The highest BCUT2D eigenvalue weighted by atomic mass is 127. The summed E-state index contributed by atoms with van der Waals surface area (Å²) in [6, 6.07) is 13.9. The van der Waals surface area contributed by atoms with E-state index in [9.17, 15) is 5.11 Å². The van der Waals surface area contributed by atoms with Crippen LogP contribution in [0.5, 0.6) is 0 Å². The molecule has 0 radical (unpaired) electrons. The van der Waals surface area contributed by atoms with Crippen LogP contribution in [-0.4, -0.2) is 38.9 Å². The van der Waals surface area contributed by atoms with Crippen molar-refractivity contribution in [2.45, 2.75) is 32.4 Å². The first-order valence-electron chi connectivity index (χ1n) is 9.76. The van der Waals surface area contributed by atoms with Crippen molar-refractivity contribution >= 4 is 41.3 Å². The van der Waals surface area contributed by atoms with Crippen molar-refractivity contribution in [3.8, 4) is 0 Å². The predicted octanol–water partition coefficient (Wildman–Crippen LogP) is 3.20. The van der Waals surface area contributed by atoms with Gasteiger partial charge in [-0.2, -0.15) is 0 Å². The number of hydrogen-bond acceptors (Lipinski definition) is 5. The first-order valence-corrected chi connectivity index (χ1v) is 10.6. The predicted molar refractivity (Wildman–Crippen MR) is 132 cm³/mol. The van der Waals surface area contributed by atoms with Gasteiger partial charge in [0.25, 0.3) is 0 Å². The number of thiophene rings is 1. The number of halogens is 1. The third-order valence-electron chi connectivity index (χ3n) is 4.70. The fraction of sp³-hybridized carbons (Fsp3) is 0.381. The van der Waals surface area contributed by atoms with Gasteiger partial charge in [-0.15, -0.1) is 45.5 Å². The average Bonchev–Trinajstić information content (AvgIpc) is 3.37. The molecular weight excluding hydrogens is 511 g/mol. The summed E-state index contributed by atoms with van der Waals surface area (Å²) in [6.45, 7) is 3.75. The van der Waals surface area contributed by atoms with Crippen molar-refractivity contribution in [1.29, 1.82) is 0 Å².